The van der Waals surface area contributed by atoms with Crippen molar-refractivity contribution >= 4 is 11.6 Å². The quantitative estimate of drug-likeness (QED) is 0.620. The van der Waals surface area contributed by atoms with Gasteiger partial charge in [-0.15, -0.1) is 0 Å². The molecule has 0 saturated carbocycles. The number of carbonyl (C=O) groups excluding carboxylic acids is 1. The van der Waals surface area contributed by atoms with Crippen LogP contribution >= 0.6 is 0 Å². The molecule has 0 aliphatic rings. The SMILES string of the molecule is Cc1cc(C(=O)N(Cc2ccccc2)C(C)(C)C)ccc1[N+](=O)[O-]. The van der Waals surface area contributed by atoms with Crippen LogP contribution in [0.5, 0.6) is 0 Å². The predicted molar refractivity (Wildman–Crippen MR) is 93.9 cm³/mol. The van der Waals surface area contributed by atoms with Gasteiger partial charge in [0.05, 0.1) is 4.92 Å². The van der Waals surface area contributed by atoms with Crippen LogP contribution in [0, 0.1) is 17.0 Å². The van der Waals surface area contributed by atoms with Gasteiger partial charge in [0.15, 0.2) is 0 Å². The molecule has 0 heterocycles. The molecule has 0 aromatic heterocycles. The molecule has 0 aliphatic carbocycles. The lowest BCUT2D eigenvalue weighted by Crippen LogP contribution is -2.45. The average molecular weight is 326 g/mol. The zero-order valence-corrected chi connectivity index (χ0v) is 14.4. The maximum absolute atomic E-state index is 13.0. The molecule has 2 aromatic carbocycles. The van der Waals surface area contributed by atoms with Gasteiger partial charge < -0.3 is 4.90 Å². The monoisotopic (exact) mass is 326 g/mol. The Kier molecular flexibility index (Phi) is 5.02. The van der Waals surface area contributed by atoms with Crippen molar-refractivity contribution < 1.29 is 9.72 Å². The Bertz CT molecular complexity index is 749. The molecule has 5 nitrogen and oxygen atoms in total. The number of aryl methyl sites for hydroxylation is 1. The van der Waals surface area contributed by atoms with Crippen LogP contribution in [0.25, 0.3) is 0 Å². The fourth-order valence-electron chi connectivity index (χ4n) is 2.53. The van der Waals surface area contributed by atoms with E-state index in [9.17, 15) is 14.9 Å². The highest BCUT2D eigenvalue weighted by molar-refractivity contribution is 5.95. The molecule has 5 heteroatoms. The van der Waals surface area contributed by atoms with Gasteiger partial charge in [0.2, 0.25) is 0 Å². The maximum atomic E-state index is 13.0. The van der Waals surface area contributed by atoms with Gasteiger partial charge in [0, 0.05) is 29.3 Å². The minimum absolute atomic E-state index is 0.0249. The summed E-state index contributed by atoms with van der Waals surface area (Å²) in [5.74, 6) is -0.135. The molecule has 0 unspecified atom stereocenters. The van der Waals surface area contributed by atoms with Gasteiger partial charge in [-0.1, -0.05) is 30.3 Å². The van der Waals surface area contributed by atoms with Crippen LogP contribution in [0.3, 0.4) is 0 Å². The van der Waals surface area contributed by atoms with Crippen LogP contribution in [0.15, 0.2) is 48.5 Å². The first kappa shape index (κ1) is 17.7. The van der Waals surface area contributed by atoms with Crippen LogP contribution in [-0.4, -0.2) is 21.3 Å². The lowest BCUT2D eigenvalue weighted by Gasteiger charge is -2.36. The van der Waals surface area contributed by atoms with Gasteiger partial charge in [-0.25, -0.2) is 0 Å². The highest BCUT2D eigenvalue weighted by Crippen LogP contribution is 2.24. The largest absolute Gasteiger partial charge is 0.329 e. The van der Waals surface area contributed by atoms with E-state index in [-0.39, 0.29) is 17.1 Å². The first-order chi connectivity index (χ1) is 11.2. The van der Waals surface area contributed by atoms with Crippen molar-refractivity contribution in [2.75, 3.05) is 0 Å². The van der Waals surface area contributed by atoms with Crippen LogP contribution in [0.2, 0.25) is 0 Å². The third-order valence-electron chi connectivity index (χ3n) is 3.88. The number of amides is 1. The van der Waals surface area contributed by atoms with E-state index < -0.39 is 4.92 Å². The van der Waals surface area contributed by atoms with Crippen molar-refractivity contribution in [3.05, 3.63) is 75.3 Å². The lowest BCUT2D eigenvalue weighted by molar-refractivity contribution is -0.385. The second-order valence-electron chi connectivity index (χ2n) is 6.81. The first-order valence-corrected chi connectivity index (χ1v) is 7.81. The molecular formula is C19H22N2O3. The summed E-state index contributed by atoms with van der Waals surface area (Å²) < 4.78 is 0. The number of hydrogen-bond donors (Lipinski definition) is 0. The number of rotatable bonds is 4. The average Bonchev–Trinajstić information content (AvgIpc) is 2.51. The molecule has 24 heavy (non-hydrogen) atoms. The molecule has 0 atom stereocenters. The minimum atomic E-state index is -0.435. The van der Waals surface area contributed by atoms with Gasteiger partial charge in [-0.3, -0.25) is 14.9 Å². The molecule has 2 aromatic rings. The third kappa shape index (κ3) is 3.98. The molecule has 0 bridgehead atoms. The van der Waals surface area contributed by atoms with E-state index in [1.165, 1.54) is 12.1 Å². The smallest absolute Gasteiger partial charge is 0.272 e. The molecule has 2 rings (SSSR count). The summed E-state index contributed by atoms with van der Waals surface area (Å²) in [6.07, 6.45) is 0. The Balaban J connectivity index is 2.35. The fraction of sp³-hybridized carbons (Fsp3) is 0.316. The molecular weight excluding hydrogens is 304 g/mol. The Morgan fingerprint density at radius 1 is 1.12 bits per heavy atom. The Labute approximate surface area is 142 Å². The van der Waals surface area contributed by atoms with Crippen LogP contribution in [-0.2, 0) is 6.54 Å². The van der Waals surface area contributed by atoms with Crippen LogP contribution in [0.1, 0.15) is 42.3 Å². The number of benzene rings is 2. The fourth-order valence-corrected chi connectivity index (χ4v) is 2.53. The normalized spacial score (nSPS) is 11.2. The molecule has 0 N–H and O–H groups in total. The number of hydrogen-bond acceptors (Lipinski definition) is 3. The number of nitro benzene ring substituents is 1. The predicted octanol–water partition coefficient (Wildman–Crippen LogP) is 4.34. The Morgan fingerprint density at radius 2 is 1.75 bits per heavy atom. The second kappa shape index (κ2) is 6.83. The van der Waals surface area contributed by atoms with Crippen LogP contribution < -0.4 is 0 Å². The van der Waals surface area contributed by atoms with Crippen molar-refractivity contribution in [3.63, 3.8) is 0 Å². The van der Waals surface area contributed by atoms with Crippen molar-refractivity contribution in [3.8, 4) is 0 Å². The standard InChI is InChI=1S/C19H22N2O3/c1-14-12-16(10-11-17(14)21(23)24)18(22)20(19(2,3)4)13-15-8-6-5-7-9-15/h5-12H,13H2,1-4H3. The number of nitrogens with zero attached hydrogens (tertiary/aromatic N) is 2. The van der Waals surface area contributed by atoms with Crippen molar-refractivity contribution in [1.29, 1.82) is 0 Å². The first-order valence-electron chi connectivity index (χ1n) is 7.81. The van der Waals surface area contributed by atoms with Gasteiger partial charge in [-0.2, -0.15) is 0 Å². The summed E-state index contributed by atoms with van der Waals surface area (Å²) in [4.78, 5) is 25.3. The van der Waals surface area contributed by atoms with Crippen molar-refractivity contribution in [2.45, 2.75) is 39.8 Å². The van der Waals surface area contributed by atoms with E-state index in [1.54, 1.807) is 17.9 Å². The third-order valence-corrected chi connectivity index (χ3v) is 3.88. The second-order valence-corrected chi connectivity index (χ2v) is 6.81. The Morgan fingerprint density at radius 3 is 2.25 bits per heavy atom. The molecule has 126 valence electrons. The molecule has 0 aliphatic heterocycles. The summed E-state index contributed by atoms with van der Waals surface area (Å²) in [6, 6.07) is 14.3. The molecule has 0 spiro atoms. The minimum Gasteiger partial charge on any atom is -0.329 e. The zero-order chi connectivity index (χ0) is 17.9. The van der Waals surface area contributed by atoms with Gasteiger partial charge in [0.25, 0.3) is 11.6 Å². The van der Waals surface area contributed by atoms with Gasteiger partial charge in [0.1, 0.15) is 0 Å². The molecule has 0 fully saturated rings. The maximum Gasteiger partial charge on any atom is 0.272 e. The zero-order valence-electron chi connectivity index (χ0n) is 14.4. The van der Waals surface area contributed by atoms with Gasteiger partial charge >= 0.3 is 0 Å². The summed E-state index contributed by atoms with van der Waals surface area (Å²) in [6.45, 7) is 8.07. The van der Waals surface area contributed by atoms with Crippen molar-refractivity contribution in [1.82, 2.24) is 4.90 Å². The molecule has 0 radical (unpaired) electrons. The summed E-state index contributed by atoms with van der Waals surface area (Å²) in [7, 11) is 0. The van der Waals surface area contributed by atoms with Gasteiger partial charge in [-0.05, 0) is 45.4 Å². The summed E-state index contributed by atoms with van der Waals surface area (Å²) in [5.41, 5.74) is 1.64. The van der Waals surface area contributed by atoms with E-state index in [0.29, 0.717) is 17.7 Å². The van der Waals surface area contributed by atoms with E-state index in [0.717, 1.165) is 5.56 Å². The van der Waals surface area contributed by atoms with E-state index in [4.69, 9.17) is 0 Å². The Hall–Kier alpha value is -2.69. The van der Waals surface area contributed by atoms with E-state index >= 15 is 0 Å². The summed E-state index contributed by atoms with van der Waals surface area (Å²) in [5, 5.41) is 10.9. The summed E-state index contributed by atoms with van der Waals surface area (Å²) >= 11 is 0. The number of carbonyl (C=O) groups is 1. The highest BCUT2D eigenvalue weighted by atomic mass is 16.6. The lowest BCUT2D eigenvalue weighted by atomic mass is 10.0. The topological polar surface area (TPSA) is 63.5 Å². The number of nitro groups is 1. The van der Waals surface area contributed by atoms with Crippen molar-refractivity contribution in [2.24, 2.45) is 0 Å². The van der Waals surface area contributed by atoms with E-state index in [1.807, 2.05) is 51.1 Å². The van der Waals surface area contributed by atoms with Crippen LogP contribution in [0.4, 0.5) is 5.69 Å². The molecule has 0 saturated heterocycles. The molecule has 1 amide bonds. The highest BCUT2D eigenvalue weighted by Gasteiger charge is 2.28. The van der Waals surface area contributed by atoms with E-state index in [2.05, 4.69) is 0 Å².